The summed E-state index contributed by atoms with van der Waals surface area (Å²) in [6.07, 6.45) is 1.03. The van der Waals surface area contributed by atoms with Crippen LogP contribution in [0.15, 0.2) is 82.5 Å². The summed E-state index contributed by atoms with van der Waals surface area (Å²) >= 11 is 1.57. The van der Waals surface area contributed by atoms with Crippen molar-refractivity contribution in [2.24, 2.45) is 0 Å². The van der Waals surface area contributed by atoms with E-state index in [1.807, 2.05) is 73.8 Å². The number of nitrogens with one attached hydrogen (secondary N) is 2. The first-order chi connectivity index (χ1) is 17.9. The van der Waals surface area contributed by atoms with Gasteiger partial charge in [-0.1, -0.05) is 29.8 Å². The Morgan fingerprint density at radius 2 is 1.76 bits per heavy atom. The second-order valence-electron chi connectivity index (χ2n) is 9.47. The molecule has 2 heterocycles. The Balaban J connectivity index is 1.50. The highest BCUT2D eigenvalue weighted by Gasteiger charge is 2.41. The quantitative estimate of drug-likeness (QED) is 0.417. The van der Waals surface area contributed by atoms with Crippen LogP contribution in [0.3, 0.4) is 0 Å². The summed E-state index contributed by atoms with van der Waals surface area (Å²) in [6, 6.07) is 17.5. The van der Waals surface area contributed by atoms with E-state index in [1.165, 1.54) is 0 Å². The van der Waals surface area contributed by atoms with Gasteiger partial charge in [-0.3, -0.25) is 9.59 Å². The summed E-state index contributed by atoms with van der Waals surface area (Å²) in [6.45, 7) is 3.92. The van der Waals surface area contributed by atoms with Gasteiger partial charge in [-0.15, -0.1) is 11.3 Å². The maximum absolute atomic E-state index is 13.8. The molecule has 7 heteroatoms. The highest BCUT2D eigenvalue weighted by atomic mass is 32.1. The van der Waals surface area contributed by atoms with Crippen molar-refractivity contribution in [2.75, 3.05) is 19.5 Å². The molecule has 2 aromatic carbocycles. The summed E-state index contributed by atoms with van der Waals surface area (Å²) < 4.78 is 10.9. The molecule has 37 heavy (non-hydrogen) atoms. The Kier molecular flexibility index (Phi) is 6.89. The smallest absolute Gasteiger partial charge is 0.254 e. The van der Waals surface area contributed by atoms with Crippen LogP contribution in [0.5, 0.6) is 11.5 Å². The average Bonchev–Trinajstić information content (AvgIpc) is 3.43. The maximum Gasteiger partial charge on any atom is 0.254 e. The number of ether oxygens (including phenoxy) is 2. The van der Waals surface area contributed by atoms with Crippen molar-refractivity contribution in [3.8, 4) is 11.5 Å². The summed E-state index contributed by atoms with van der Waals surface area (Å²) in [5.41, 5.74) is 5.80. The number of aryl methyl sites for hydroxylation is 1. The number of rotatable bonds is 6. The third-order valence-electron chi connectivity index (χ3n) is 7.09. The Bertz CT molecular complexity index is 1400. The molecule has 2 unspecified atom stereocenters. The summed E-state index contributed by atoms with van der Waals surface area (Å²) in [5, 5.41) is 8.47. The summed E-state index contributed by atoms with van der Waals surface area (Å²) in [4.78, 5) is 28.4. The molecule has 0 radical (unpaired) electrons. The lowest BCUT2D eigenvalue weighted by atomic mass is 9.73. The van der Waals surface area contributed by atoms with E-state index in [2.05, 4.69) is 10.6 Å². The maximum atomic E-state index is 13.8. The standard InChI is InChI=1S/C30H30N2O4S/c1-17-7-10-21(11-8-17)32-30(34)27-18(2)31-22-14-20(19-9-12-24(35-3)25(16-19)36-4)15-23(33)28(22)29(27)26-6-5-13-37-26/h5-13,16,20,29,31H,14-15H2,1-4H3,(H,32,34). The first kappa shape index (κ1) is 24.8. The van der Waals surface area contributed by atoms with E-state index in [-0.39, 0.29) is 17.6 Å². The number of ketones is 1. The third-order valence-corrected chi connectivity index (χ3v) is 8.03. The van der Waals surface area contributed by atoms with Crippen LogP contribution in [0.2, 0.25) is 0 Å². The largest absolute Gasteiger partial charge is 0.493 e. The number of benzene rings is 2. The lowest BCUT2D eigenvalue weighted by Gasteiger charge is -2.36. The van der Waals surface area contributed by atoms with Crippen LogP contribution in [-0.4, -0.2) is 25.9 Å². The normalized spacial score (nSPS) is 19.3. The van der Waals surface area contributed by atoms with Gasteiger partial charge in [0.25, 0.3) is 5.91 Å². The van der Waals surface area contributed by atoms with Crippen LogP contribution in [0.1, 0.15) is 47.6 Å². The van der Waals surface area contributed by atoms with Crippen LogP contribution in [0.4, 0.5) is 5.69 Å². The number of dihydropyridines is 1. The van der Waals surface area contributed by atoms with Crippen molar-refractivity contribution in [1.82, 2.24) is 5.32 Å². The first-order valence-corrected chi connectivity index (χ1v) is 13.1. The number of thiophene rings is 1. The molecule has 0 saturated heterocycles. The van der Waals surface area contributed by atoms with E-state index in [4.69, 9.17) is 9.47 Å². The SMILES string of the molecule is COc1ccc(C2CC(=O)C3=C(C2)NC(C)=C(C(=O)Nc2ccc(C)cc2)C3c2cccs2)cc1OC. The van der Waals surface area contributed by atoms with Crippen molar-refractivity contribution in [1.29, 1.82) is 0 Å². The molecule has 0 saturated carbocycles. The van der Waals surface area contributed by atoms with Gasteiger partial charge in [0, 0.05) is 39.5 Å². The van der Waals surface area contributed by atoms with Gasteiger partial charge in [0.15, 0.2) is 17.3 Å². The zero-order valence-corrected chi connectivity index (χ0v) is 22.2. The van der Waals surface area contributed by atoms with Gasteiger partial charge in [-0.05, 0) is 67.5 Å². The first-order valence-electron chi connectivity index (χ1n) is 12.3. The fourth-order valence-corrected chi connectivity index (χ4v) is 6.10. The van der Waals surface area contributed by atoms with E-state index >= 15 is 0 Å². The molecule has 1 aliphatic carbocycles. The fourth-order valence-electron chi connectivity index (χ4n) is 5.26. The second kappa shape index (κ2) is 10.3. The molecule has 5 rings (SSSR count). The van der Waals surface area contributed by atoms with E-state index in [9.17, 15) is 9.59 Å². The molecule has 2 atom stereocenters. The highest BCUT2D eigenvalue weighted by Crippen LogP contribution is 2.47. The zero-order chi connectivity index (χ0) is 26.1. The Labute approximate surface area is 221 Å². The zero-order valence-electron chi connectivity index (χ0n) is 21.4. The number of anilines is 1. The van der Waals surface area contributed by atoms with Crippen LogP contribution in [0, 0.1) is 6.92 Å². The minimum absolute atomic E-state index is 0.00160. The molecule has 2 N–H and O–H groups in total. The number of Topliss-reactive ketones (excluding diaryl/α,β-unsaturated/α-hetero) is 1. The topological polar surface area (TPSA) is 76.7 Å². The summed E-state index contributed by atoms with van der Waals surface area (Å²) in [7, 11) is 3.22. The van der Waals surface area contributed by atoms with E-state index < -0.39 is 5.92 Å². The van der Waals surface area contributed by atoms with Crippen molar-refractivity contribution in [2.45, 2.75) is 38.5 Å². The van der Waals surface area contributed by atoms with E-state index in [0.717, 1.165) is 33.1 Å². The predicted octanol–water partition coefficient (Wildman–Crippen LogP) is 6.07. The number of methoxy groups -OCH3 is 2. The fraction of sp³-hybridized carbons (Fsp3) is 0.267. The van der Waals surface area contributed by atoms with Crippen LogP contribution in [-0.2, 0) is 9.59 Å². The number of hydrogen-bond acceptors (Lipinski definition) is 6. The van der Waals surface area contributed by atoms with Crippen LogP contribution >= 0.6 is 11.3 Å². The third kappa shape index (κ3) is 4.79. The van der Waals surface area contributed by atoms with Gasteiger partial charge in [0.1, 0.15) is 0 Å². The molecular formula is C30H30N2O4S. The molecule has 1 aliphatic heterocycles. The number of amides is 1. The van der Waals surface area contributed by atoms with Crippen LogP contribution < -0.4 is 20.1 Å². The van der Waals surface area contributed by atoms with Gasteiger partial charge < -0.3 is 20.1 Å². The minimum atomic E-state index is -0.402. The predicted molar refractivity (Wildman–Crippen MR) is 146 cm³/mol. The van der Waals surface area contributed by atoms with Crippen molar-refractivity contribution in [3.05, 3.63) is 98.5 Å². The Morgan fingerprint density at radius 3 is 2.43 bits per heavy atom. The van der Waals surface area contributed by atoms with Crippen molar-refractivity contribution in [3.63, 3.8) is 0 Å². The summed E-state index contributed by atoms with van der Waals surface area (Å²) in [5.74, 6) is 0.754. The molecule has 2 aliphatic rings. The van der Waals surface area contributed by atoms with Gasteiger partial charge in [-0.25, -0.2) is 0 Å². The molecule has 3 aromatic rings. The molecule has 1 aromatic heterocycles. The van der Waals surface area contributed by atoms with Crippen molar-refractivity contribution >= 4 is 28.7 Å². The second-order valence-corrected chi connectivity index (χ2v) is 10.4. The molecular weight excluding hydrogens is 484 g/mol. The average molecular weight is 515 g/mol. The molecule has 6 nitrogen and oxygen atoms in total. The van der Waals surface area contributed by atoms with Gasteiger partial charge >= 0.3 is 0 Å². The molecule has 0 fully saturated rings. The molecule has 1 amide bonds. The number of carbonyl (C=O) groups excluding carboxylic acids is 2. The van der Waals surface area contributed by atoms with Crippen LogP contribution in [0.25, 0.3) is 0 Å². The lowest BCUT2D eigenvalue weighted by molar-refractivity contribution is -0.116. The highest BCUT2D eigenvalue weighted by molar-refractivity contribution is 7.10. The van der Waals surface area contributed by atoms with Gasteiger partial charge in [0.05, 0.1) is 20.1 Å². The molecule has 0 spiro atoms. The van der Waals surface area contributed by atoms with E-state index in [1.54, 1.807) is 25.6 Å². The number of hydrogen-bond donors (Lipinski definition) is 2. The Hall–Kier alpha value is -3.84. The van der Waals surface area contributed by atoms with Gasteiger partial charge in [0.2, 0.25) is 0 Å². The van der Waals surface area contributed by atoms with Gasteiger partial charge in [-0.2, -0.15) is 0 Å². The van der Waals surface area contributed by atoms with E-state index in [0.29, 0.717) is 35.5 Å². The van der Waals surface area contributed by atoms with Crippen molar-refractivity contribution < 1.29 is 19.1 Å². The number of allylic oxidation sites excluding steroid dienone is 3. The lowest BCUT2D eigenvalue weighted by Crippen LogP contribution is -2.36. The Morgan fingerprint density at radius 1 is 1.00 bits per heavy atom. The minimum Gasteiger partial charge on any atom is -0.493 e. The molecule has 190 valence electrons. The monoisotopic (exact) mass is 514 g/mol. The molecule has 0 bridgehead atoms. The number of carbonyl (C=O) groups is 2.